The summed E-state index contributed by atoms with van der Waals surface area (Å²) in [5, 5.41) is 0. The van der Waals surface area contributed by atoms with E-state index in [1.165, 1.54) is 0 Å². The third kappa shape index (κ3) is 6.91. The third-order valence-electron chi connectivity index (χ3n) is 2.57. The van der Waals surface area contributed by atoms with Crippen LogP contribution in [0.25, 0.3) is 0 Å². The number of hydrogen-bond donors (Lipinski definition) is 0. The number of ether oxygens (including phenoxy) is 2. The summed E-state index contributed by atoms with van der Waals surface area (Å²) >= 11 is 0. The molecule has 142 valence electrons. The van der Waals surface area contributed by atoms with Crippen LogP contribution in [-0.4, -0.2) is 43.2 Å². The van der Waals surface area contributed by atoms with E-state index in [1.807, 2.05) is 0 Å². The summed E-state index contributed by atoms with van der Waals surface area (Å²) in [5.74, 6) is -13.9. The summed E-state index contributed by atoms with van der Waals surface area (Å²) in [5.41, 5.74) is 0. The molecule has 24 heavy (non-hydrogen) atoms. The highest BCUT2D eigenvalue weighted by Crippen LogP contribution is 2.46. The molecule has 0 saturated carbocycles. The molecular formula is C13H17F7O4. The maximum absolute atomic E-state index is 12.9. The van der Waals surface area contributed by atoms with Gasteiger partial charge in [0.1, 0.15) is 0 Å². The number of esters is 2. The SMILES string of the molecule is CC(C)COC(=O)CCCC(=O)OCC(F)(F)C(F)(F)C(F)(F)F. The quantitative estimate of drug-likeness (QED) is 0.458. The molecule has 0 N–H and O–H groups in total. The minimum absolute atomic E-state index is 0.0800. The Bertz CT molecular complexity index is 433. The molecule has 0 heterocycles. The molecule has 0 fully saturated rings. The average Bonchev–Trinajstić information content (AvgIpc) is 2.41. The molecule has 0 spiro atoms. The Labute approximate surface area is 133 Å². The van der Waals surface area contributed by atoms with Crippen LogP contribution in [0.2, 0.25) is 0 Å². The largest absolute Gasteiger partial charge is 0.465 e. The topological polar surface area (TPSA) is 52.6 Å². The van der Waals surface area contributed by atoms with E-state index in [0.29, 0.717) is 0 Å². The lowest BCUT2D eigenvalue weighted by molar-refractivity contribution is -0.359. The summed E-state index contributed by atoms with van der Waals surface area (Å²) in [7, 11) is 0. The predicted molar refractivity (Wildman–Crippen MR) is 66.6 cm³/mol. The van der Waals surface area contributed by atoms with Gasteiger partial charge in [-0.15, -0.1) is 0 Å². The first-order valence-corrected chi connectivity index (χ1v) is 6.84. The lowest BCUT2D eigenvalue weighted by Crippen LogP contribution is -2.54. The zero-order valence-electron chi connectivity index (χ0n) is 12.9. The average molecular weight is 370 g/mol. The molecule has 0 bridgehead atoms. The second-order valence-corrected chi connectivity index (χ2v) is 5.37. The van der Waals surface area contributed by atoms with Gasteiger partial charge in [-0.25, -0.2) is 0 Å². The van der Waals surface area contributed by atoms with Crippen molar-refractivity contribution in [2.24, 2.45) is 5.92 Å². The maximum atomic E-state index is 12.9. The number of alkyl halides is 7. The standard InChI is InChI=1S/C13H17F7O4/c1-8(2)6-23-9(21)4-3-5-10(22)24-7-11(14,15)12(16,17)13(18,19)20/h8H,3-7H2,1-2H3. The van der Waals surface area contributed by atoms with Crippen molar-refractivity contribution in [1.29, 1.82) is 0 Å². The Morgan fingerprint density at radius 1 is 0.875 bits per heavy atom. The van der Waals surface area contributed by atoms with E-state index >= 15 is 0 Å². The van der Waals surface area contributed by atoms with Crippen molar-refractivity contribution in [2.45, 2.75) is 51.1 Å². The number of hydrogen-bond acceptors (Lipinski definition) is 4. The molecule has 0 saturated heterocycles. The van der Waals surface area contributed by atoms with Crippen LogP contribution in [0, 0.1) is 5.92 Å². The number of carbonyl (C=O) groups excluding carboxylic acids is 2. The van der Waals surface area contributed by atoms with Crippen LogP contribution in [0.4, 0.5) is 30.7 Å². The van der Waals surface area contributed by atoms with Gasteiger partial charge in [0, 0.05) is 12.8 Å². The first kappa shape index (κ1) is 22.4. The van der Waals surface area contributed by atoms with Crippen molar-refractivity contribution in [3.05, 3.63) is 0 Å². The minimum Gasteiger partial charge on any atom is -0.465 e. The van der Waals surface area contributed by atoms with Crippen molar-refractivity contribution in [1.82, 2.24) is 0 Å². The van der Waals surface area contributed by atoms with Gasteiger partial charge in [-0.1, -0.05) is 13.8 Å². The zero-order chi connectivity index (χ0) is 19.2. The lowest BCUT2D eigenvalue weighted by atomic mass is 10.2. The Morgan fingerprint density at radius 2 is 1.33 bits per heavy atom. The normalized spacial score (nSPS) is 13.1. The van der Waals surface area contributed by atoms with Gasteiger partial charge in [-0.3, -0.25) is 9.59 Å². The fourth-order valence-electron chi connectivity index (χ4n) is 1.25. The van der Waals surface area contributed by atoms with E-state index in [-0.39, 0.29) is 25.4 Å². The molecule has 0 amide bonds. The van der Waals surface area contributed by atoms with E-state index in [0.717, 1.165) is 0 Å². The lowest BCUT2D eigenvalue weighted by Gasteiger charge is -2.27. The molecular weight excluding hydrogens is 353 g/mol. The summed E-state index contributed by atoms with van der Waals surface area (Å²) < 4.78 is 94.9. The van der Waals surface area contributed by atoms with Gasteiger partial charge in [-0.2, -0.15) is 30.7 Å². The fourth-order valence-corrected chi connectivity index (χ4v) is 1.25. The molecule has 4 nitrogen and oxygen atoms in total. The van der Waals surface area contributed by atoms with Crippen LogP contribution >= 0.6 is 0 Å². The van der Waals surface area contributed by atoms with Gasteiger partial charge in [0.25, 0.3) is 0 Å². The minimum atomic E-state index is -6.48. The van der Waals surface area contributed by atoms with E-state index < -0.39 is 43.0 Å². The Kier molecular flexibility index (Phi) is 7.97. The zero-order valence-corrected chi connectivity index (χ0v) is 12.9. The second-order valence-electron chi connectivity index (χ2n) is 5.37. The van der Waals surface area contributed by atoms with Crippen LogP contribution < -0.4 is 0 Å². The molecule has 0 aromatic carbocycles. The first-order valence-electron chi connectivity index (χ1n) is 6.84. The summed E-state index contributed by atoms with van der Waals surface area (Å²) in [6, 6.07) is 0. The maximum Gasteiger partial charge on any atom is 0.460 e. The Balaban J connectivity index is 4.24. The van der Waals surface area contributed by atoms with Crippen molar-refractivity contribution in [3.63, 3.8) is 0 Å². The molecule has 0 radical (unpaired) electrons. The van der Waals surface area contributed by atoms with E-state index in [2.05, 4.69) is 4.74 Å². The molecule has 0 aromatic rings. The van der Waals surface area contributed by atoms with Gasteiger partial charge in [0.05, 0.1) is 6.61 Å². The van der Waals surface area contributed by atoms with Gasteiger partial charge in [-0.05, 0) is 12.3 Å². The van der Waals surface area contributed by atoms with Crippen molar-refractivity contribution in [2.75, 3.05) is 13.2 Å². The molecule has 11 heteroatoms. The molecule has 0 unspecified atom stereocenters. The third-order valence-corrected chi connectivity index (χ3v) is 2.57. The number of carbonyl (C=O) groups is 2. The van der Waals surface area contributed by atoms with Crippen LogP contribution in [0.3, 0.4) is 0 Å². The second kappa shape index (κ2) is 8.52. The first-order chi connectivity index (χ1) is 10.7. The highest BCUT2D eigenvalue weighted by atomic mass is 19.4. The van der Waals surface area contributed by atoms with Gasteiger partial charge in [0.2, 0.25) is 0 Å². The summed E-state index contributed by atoms with van der Waals surface area (Å²) in [6.45, 7) is 1.28. The van der Waals surface area contributed by atoms with E-state index in [4.69, 9.17) is 4.74 Å². The molecule has 0 aliphatic carbocycles. The van der Waals surface area contributed by atoms with Gasteiger partial charge in [0.15, 0.2) is 6.61 Å². The highest BCUT2D eigenvalue weighted by Gasteiger charge is 2.73. The van der Waals surface area contributed by atoms with Crippen LogP contribution in [0.5, 0.6) is 0 Å². The molecule has 0 aromatic heterocycles. The smallest absolute Gasteiger partial charge is 0.460 e. The predicted octanol–water partition coefficient (Wildman–Crippen LogP) is 3.73. The summed E-state index contributed by atoms with van der Waals surface area (Å²) in [6.07, 6.45) is -7.53. The summed E-state index contributed by atoms with van der Waals surface area (Å²) in [4.78, 5) is 22.2. The van der Waals surface area contributed by atoms with Crippen LogP contribution in [0.1, 0.15) is 33.1 Å². The molecule has 0 rings (SSSR count). The van der Waals surface area contributed by atoms with E-state index in [1.54, 1.807) is 13.8 Å². The van der Waals surface area contributed by atoms with Crippen LogP contribution in [-0.2, 0) is 19.1 Å². The van der Waals surface area contributed by atoms with Crippen molar-refractivity contribution >= 4 is 11.9 Å². The Morgan fingerprint density at radius 3 is 1.75 bits per heavy atom. The highest BCUT2D eigenvalue weighted by molar-refractivity contribution is 5.72. The fraction of sp³-hybridized carbons (Fsp3) is 0.846. The van der Waals surface area contributed by atoms with Crippen molar-refractivity contribution in [3.8, 4) is 0 Å². The van der Waals surface area contributed by atoms with E-state index in [9.17, 15) is 40.3 Å². The van der Waals surface area contributed by atoms with Gasteiger partial charge >= 0.3 is 30.0 Å². The molecule has 0 aliphatic heterocycles. The van der Waals surface area contributed by atoms with Crippen LogP contribution in [0.15, 0.2) is 0 Å². The number of rotatable bonds is 9. The monoisotopic (exact) mass is 370 g/mol. The van der Waals surface area contributed by atoms with Crippen molar-refractivity contribution < 1.29 is 49.8 Å². The van der Waals surface area contributed by atoms with Gasteiger partial charge < -0.3 is 9.47 Å². The number of halogens is 7. The molecule has 0 aliphatic rings. The molecule has 0 atom stereocenters. The Hall–Kier alpha value is -1.55.